The zero-order valence-corrected chi connectivity index (χ0v) is 9.61. The molecule has 4 nitrogen and oxygen atoms in total. The predicted molar refractivity (Wildman–Crippen MR) is 66.5 cm³/mol. The first kappa shape index (κ1) is 11.0. The van der Waals surface area contributed by atoms with Crippen LogP contribution in [0.2, 0.25) is 0 Å². The fourth-order valence-electron chi connectivity index (χ4n) is 1.96. The molecule has 92 valence electrons. The van der Waals surface area contributed by atoms with E-state index in [0.29, 0.717) is 18.9 Å². The minimum atomic E-state index is -0.280. The lowest BCUT2D eigenvalue weighted by molar-refractivity contribution is 0.519. The van der Waals surface area contributed by atoms with Crippen LogP contribution in [-0.2, 0) is 6.42 Å². The highest BCUT2D eigenvalue weighted by Gasteiger charge is 2.12. The minimum absolute atomic E-state index is 0.280. The summed E-state index contributed by atoms with van der Waals surface area (Å²) in [5, 5.41) is 0.760. The van der Waals surface area contributed by atoms with E-state index in [0.717, 1.165) is 22.2 Å². The molecule has 5 heteroatoms. The quantitative estimate of drug-likeness (QED) is 0.744. The predicted octanol–water partition coefficient (Wildman–Crippen LogP) is 2.46. The maximum Gasteiger partial charge on any atom is 0.228 e. The van der Waals surface area contributed by atoms with Crippen LogP contribution in [0.5, 0.6) is 0 Å². The average molecular weight is 245 g/mol. The molecule has 0 aliphatic carbocycles. The first-order valence-electron chi connectivity index (χ1n) is 5.69. The van der Waals surface area contributed by atoms with E-state index >= 15 is 0 Å². The topological polar surface area (TPSA) is 67.8 Å². The molecule has 0 unspecified atom stereocenters. The number of hydrogen-bond donors (Lipinski definition) is 2. The van der Waals surface area contributed by atoms with Crippen molar-refractivity contribution in [2.75, 3.05) is 6.54 Å². The Bertz CT molecular complexity index is 686. The van der Waals surface area contributed by atoms with Crippen molar-refractivity contribution in [1.29, 1.82) is 0 Å². The molecule has 0 saturated carbocycles. The van der Waals surface area contributed by atoms with Crippen molar-refractivity contribution in [3.63, 3.8) is 0 Å². The highest BCUT2D eigenvalue weighted by Crippen LogP contribution is 2.28. The number of halogens is 1. The molecule has 0 atom stereocenters. The molecule has 0 radical (unpaired) electrons. The SMILES string of the molecule is NCCc1cnc(-c2c[nH]c3ccc(F)cc23)o1. The monoisotopic (exact) mass is 245 g/mol. The molecule has 2 aromatic heterocycles. The van der Waals surface area contributed by atoms with E-state index in [2.05, 4.69) is 9.97 Å². The van der Waals surface area contributed by atoms with Crippen molar-refractivity contribution >= 4 is 10.9 Å². The van der Waals surface area contributed by atoms with Gasteiger partial charge in [0.05, 0.1) is 11.8 Å². The van der Waals surface area contributed by atoms with Gasteiger partial charge in [-0.05, 0) is 24.7 Å². The van der Waals surface area contributed by atoms with E-state index in [-0.39, 0.29) is 5.82 Å². The minimum Gasteiger partial charge on any atom is -0.441 e. The van der Waals surface area contributed by atoms with Gasteiger partial charge in [0.15, 0.2) is 0 Å². The number of nitrogens with one attached hydrogen (secondary N) is 1. The molecule has 0 saturated heterocycles. The molecule has 0 bridgehead atoms. The second-order valence-corrected chi connectivity index (χ2v) is 4.06. The van der Waals surface area contributed by atoms with Crippen LogP contribution in [0, 0.1) is 5.82 Å². The van der Waals surface area contributed by atoms with E-state index in [1.165, 1.54) is 12.1 Å². The smallest absolute Gasteiger partial charge is 0.228 e. The van der Waals surface area contributed by atoms with Crippen LogP contribution in [0.1, 0.15) is 5.76 Å². The third-order valence-corrected chi connectivity index (χ3v) is 2.82. The van der Waals surface area contributed by atoms with E-state index in [1.807, 2.05) is 0 Å². The molecule has 0 spiro atoms. The normalized spacial score (nSPS) is 11.2. The summed E-state index contributed by atoms with van der Waals surface area (Å²) in [6.45, 7) is 0.511. The van der Waals surface area contributed by atoms with Gasteiger partial charge in [-0.3, -0.25) is 0 Å². The number of rotatable bonds is 3. The van der Waals surface area contributed by atoms with Gasteiger partial charge < -0.3 is 15.1 Å². The van der Waals surface area contributed by atoms with Crippen molar-refractivity contribution in [2.45, 2.75) is 6.42 Å². The highest BCUT2D eigenvalue weighted by molar-refractivity contribution is 5.93. The van der Waals surface area contributed by atoms with Crippen molar-refractivity contribution in [3.05, 3.63) is 42.2 Å². The summed E-state index contributed by atoms with van der Waals surface area (Å²) in [6, 6.07) is 4.57. The van der Waals surface area contributed by atoms with Gasteiger partial charge in [-0.15, -0.1) is 0 Å². The molecule has 0 fully saturated rings. The van der Waals surface area contributed by atoms with Gasteiger partial charge in [-0.2, -0.15) is 0 Å². The number of aromatic nitrogens is 2. The van der Waals surface area contributed by atoms with Crippen molar-refractivity contribution < 1.29 is 8.81 Å². The van der Waals surface area contributed by atoms with E-state index in [9.17, 15) is 4.39 Å². The largest absolute Gasteiger partial charge is 0.441 e. The Kier molecular flexibility index (Phi) is 2.60. The maximum absolute atomic E-state index is 13.3. The summed E-state index contributed by atoms with van der Waals surface area (Å²) in [5.74, 6) is 0.936. The fourth-order valence-corrected chi connectivity index (χ4v) is 1.96. The Morgan fingerprint density at radius 2 is 2.28 bits per heavy atom. The van der Waals surface area contributed by atoms with E-state index in [4.69, 9.17) is 10.2 Å². The fraction of sp³-hybridized carbons (Fsp3) is 0.154. The summed E-state index contributed by atoms with van der Waals surface area (Å²) in [5.41, 5.74) is 7.06. The number of oxazole rings is 1. The third-order valence-electron chi connectivity index (χ3n) is 2.82. The van der Waals surface area contributed by atoms with Crippen molar-refractivity contribution in [3.8, 4) is 11.5 Å². The number of fused-ring (bicyclic) bond motifs is 1. The second-order valence-electron chi connectivity index (χ2n) is 4.06. The molecule has 3 rings (SSSR count). The van der Waals surface area contributed by atoms with Gasteiger partial charge in [0, 0.05) is 23.5 Å². The zero-order chi connectivity index (χ0) is 12.5. The summed E-state index contributed by atoms with van der Waals surface area (Å²) >= 11 is 0. The first-order valence-corrected chi connectivity index (χ1v) is 5.69. The van der Waals surface area contributed by atoms with Crippen LogP contribution in [0.4, 0.5) is 4.39 Å². The summed E-state index contributed by atoms with van der Waals surface area (Å²) < 4.78 is 18.8. The van der Waals surface area contributed by atoms with Crippen LogP contribution in [-0.4, -0.2) is 16.5 Å². The third kappa shape index (κ3) is 1.78. The van der Waals surface area contributed by atoms with Crippen LogP contribution in [0.25, 0.3) is 22.4 Å². The van der Waals surface area contributed by atoms with Crippen LogP contribution in [0.15, 0.2) is 35.0 Å². The standard InChI is InChI=1S/C13H12FN3O/c14-8-1-2-12-10(5-8)11(7-16-12)13-17-6-9(18-13)3-4-15/h1-2,5-7,16H,3-4,15H2. The average Bonchev–Trinajstić information content (AvgIpc) is 2.95. The molecule has 18 heavy (non-hydrogen) atoms. The number of nitrogens with zero attached hydrogens (tertiary/aromatic N) is 1. The van der Waals surface area contributed by atoms with Gasteiger partial charge >= 0.3 is 0 Å². The molecule has 0 aliphatic heterocycles. The Hall–Kier alpha value is -2.14. The van der Waals surface area contributed by atoms with Gasteiger partial charge in [-0.25, -0.2) is 9.37 Å². The van der Waals surface area contributed by atoms with Crippen LogP contribution >= 0.6 is 0 Å². The molecule has 0 aliphatic rings. The molecule has 3 N–H and O–H groups in total. The maximum atomic E-state index is 13.3. The number of nitrogens with two attached hydrogens (primary N) is 1. The molecule has 1 aromatic carbocycles. The molecule has 2 heterocycles. The summed E-state index contributed by atoms with van der Waals surface area (Å²) in [4.78, 5) is 7.26. The van der Waals surface area contributed by atoms with Gasteiger partial charge in [0.2, 0.25) is 5.89 Å². The molecular formula is C13H12FN3O. The lowest BCUT2D eigenvalue weighted by atomic mass is 10.2. The lowest BCUT2D eigenvalue weighted by Gasteiger charge is -1.94. The second kappa shape index (κ2) is 4.27. The van der Waals surface area contributed by atoms with Crippen molar-refractivity contribution in [2.24, 2.45) is 5.73 Å². The Morgan fingerprint density at radius 3 is 3.11 bits per heavy atom. The number of aromatic amines is 1. The van der Waals surface area contributed by atoms with Gasteiger partial charge in [0.25, 0.3) is 0 Å². The Labute approximate surface area is 103 Å². The zero-order valence-electron chi connectivity index (χ0n) is 9.61. The van der Waals surface area contributed by atoms with Crippen LogP contribution < -0.4 is 5.73 Å². The number of benzene rings is 1. The van der Waals surface area contributed by atoms with Gasteiger partial charge in [-0.1, -0.05) is 0 Å². The summed E-state index contributed by atoms with van der Waals surface area (Å²) in [6.07, 6.45) is 4.06. The Morgan fingerprint density at radius 1 is 1.39 bits per heavy atom. The van der Waals surface area contributed by atoms with E-state index in [1.54, 1.807) is 18.5 Å². The Balaban J connectivity index is 2.09. The first-order chi connectivity index (χ1) is 8.78. The lowest BCUT2D eigenvalue weighted by Crippen LogP contribution is -2.01. The molecular weight excluding hydrogens is 233 g/mol. The number of H-pyrrole nitrogens is 1. The summed E-state index contributed by atoms with van der Waals surface area (Å²) in [7, 11) is 0. The molecule has 0 amide bonds. The highest BCUT2D eigenvalue weighted by atomic mass is 19.1. The van der Waals surface area contributed by atoms with Gasteiger partial charge in [0.1, 0.15) is 11.6 Å². The van der Waals surface area contributed by atoms with Crippen molar-refractivity contribution in [1.82, 2.24) is 9.97 Å². The van der Waals surface area contributed by atoms with E-state index < -0.39 is 0 Å². The number of hydrogen-bond acceptors (Lipinski definition) is 3. The molecule has 3 aromatic rings. The van der Waals surface area contributed by atoms with Crippen LogP contribution in [0.3, 0.4) is 0 Å².